The van der Waals surface area contributed by atoms with Crippen LogP contribution in [0.2, 0.25) is 0 Å². The van der Waals surface area contributed by atoms with Crippen LogP contribution in [0.3, 0.4) is 0 Å². The second-order valence-corrected chi connectivity index (χ2v) is 5.15. The van der Waals surface area contributed by atoms with Gasteiger partial charge in [-0.05, 0) is 40.5 Å². The maximum atomic E-state index is 12.4. The molecule has 0 aromatic rings. The number of hydrogen-bond acceptors (Lipinski definition) is 4. The molecule has 0 saturated heterocycles. The largest absolute Gasteiger partial charge is 0.465 e. The van der Waals surface area contributed by atoms with Crippen molar-refractivity contribution in [3.05, 3.63) is 23.8 Å². The molecule has 1 aliphatic rings. The van der Waals surface area contributed by atoms with E-state index in [0.717, 1.165) is 11.1 Å². The SMILES string of the molecule is C=C[C@@H]1C(=C(C)C)CCC1(C(=O)OCC)C(=O)OCC. The summed E-state index contributed by atoms with van der Waals surface area (Å²) in [4.78, 5) is 24.9. The van der Waals surface area contributed by atoms with Crippen molar-refractivity contribution in [2.45, 2.75) is 40.5 Å². The van der Waals surface area contributed by atoms with Crippen LogP contribution in [0.4, 0.5) is 0 Å². The fourth-order valence-electron chi connectivity index (χ4n) is 2.91. The third-order valence-corrected chi connectivity index (χ3v) is 3.85. The summed E-state index contributed by atoms with van der Waals surface area (Å²) in [5.74, 6) is -1.34. The van der Waals surface area contributed by atoms with Crippen LogP contribution in [0.5, 0.6) is 0 Å². The van der Waals surface area contributed by atoms with Crippen LogP contribution >= 0.6 is 0 Å². The van der Waals surface area contributed by atoms with Crippen LogP contribution in [0.25, 0.3) is 0 Å². The Kier molecular flexibility index (Phi) is 5.54. The van der Waals surface area contributed by atoms with Crippen LogP contribution in [0, 0.1) is 11.3 Å². The van der Waals surface area contributed by atoms with Gasteiger partial charge < -0.3 is 9.47 Å². The van der Waals surface area contributed by atoms with Crippen LogP contribution < -0.4 is 0 Å². The Morgan fingerprint density at radius 2 is 1.75 bits per heavy atom. The van der Waals surface area contributed by atoms with E-state index in [9.17, 15) is 9.59 Å². The van der Waals surface area contributed by atoms with E-state index in [1.54, 1.807) is 19.9 Å². The molecule has 0 bridgehead atoms. The van der Waals surface area contributed by atoms with E-state index in [0.29, 0.717) is 12.8 Å². The number of allylic oxidation sites excluding steroid dienone is 3. The molecule has 1 saturated carbocycles. The molecule has 0 heterocycles. The fraction of sp³-hybridized carbons (Fsp3) is 0.625. The van der Waals surface area contributed by atoms with Crippen LogP contribution in [0.15, 0.2) is 23.8 Å². The molecule has 1 aliphatic carbocycles. The topological polar surface area (TPSA) is 52.6 Å². The number of carbonyl (C=O) groups excluding carboxylic acids is 2. The summed E-state index contributed by atoms with van der Waals surface area (Å²) in [7, 11) is 0. The molecular formula is C16H24O4. The van der Waals surface area contributed by atoms with Gasteiger partial charge in [-0.3, -0.25) is 9.59 Å². The van der Waals surface area contributed by atoms with Gasteiger partial charge in [0, 0.05) is 5.92 Å². The summed E-state index contributed by atoms with van der Waals surface area (Å²) in [6.07, 6.45) is 2.78. The Morgan fingerprint density at radius 3 is 2.10 bits per heavy atom. The molecular weight excluding hydrogens is 256 g/mol. The molecule has 0 N–H and O–H groups in total. The van der Waals surface area contributed by atoms with E-state index >= 15 is 0 Å². The van der Waals surface area contributed by atoms with Gasteiger partial charge in [0.05, 0.1) is 13.2 Å². The molecule has 1 fully saturated rings. The normalized spacial score (nSPS) is 20.4. The standard InChI is InChI=1S/C16H24O4/c1-6-13-12(11(4)5)9-10-16(13,14(17)19-7-2)15(18)20-8-3/h6,13H,1,7-10H2,2-5H3/t13-/m1/s1. The van der Waals surface area contributed by atoms with Crippen molar-refractivity contribution in [3.8, 4) is 0 Å². The first-order chi connectivity index (χ1) is 9.45. The van der Waals surface area contributed by atoms with E-state index in [4.69, 9.17) is 9.47 Å². The lowest BCUT2D eigenvalue weighted by atomic mass is 9.76. The Labute approximate surface area is 120 Å². The van der Waals surface area contributed by atoms with Crippen LogP contribution in [-0.2, 0) is 19.1 Å². The molecule has 0 amide bonds. The predicted molar refractivity (Wildman–Crippen MR) is 77.0 cm³/mol. The van der Waals surface area contributed by atoms with E-state index in [2.05, 4.69) is 6.58 Å². The molecule has 0 spiro atoms. The lowest BCUT2D eigenvalue weighted by molar-refractivity contribution is -0.173. The third-order valence-electron chi connectivity index (χ3n) is 3.85. The summed E-state index contributed by atoms with van der Waals surface area (Å²) >= 11 is 0. The van der Waals surface area contributed by atoms with E-state index in [1.165, 1.54) is 0 Å². The van der Waals surface area contributed by atoms with Gasteiger partial charge in [-0.25, -0.2) is 0 Å². The van der Waals surface area contributed by atoms with Gasteiger partial charge in [-0.2, -0.15) is 0 Å². The molecule has 0 radical (unpaired) electrons. The highest BCUT2D eigenvalue weighted by Gasteiger charge is 2.58. The van der Waals surface area contributed by atoms with Gasteiger partial charge in [0.2, 0.25) is 0 Å². The molecule has 4 heteroatoms. The second-order valence-electron chi connectivity index (χ2n) is 5.15. The molecule has 112 valence electrons. The van der Waals surface area contributed by atoms with Gasteiger partial charge in [-0.1, -0.05) is 17.2 Å². The van der Waals surface area contributed by atoms with E-state index < -0.39 is 17.4 Å². The zero-order chi connectivity index (χ0) is 15.3. The first-order valence-corrected chi connectivity index (χ1v) is 7.08. The van der Waals surface area contributed by atoms with Crippen LogP contribution in [0.1, 0.15) is 40.5 Å². The van der Waals surface area contributed by atoms with Crippen molar-refractivity contribution in [1.29, 1.82) is 0 Å². The second kappa shape index (κ2) is 6.73. The Bertz CT molecular complexity index is 412. The zero-order valence-electron chi connectivity index (χ0n) is 12.8. The maximum Gasteiger partial charge on any atom is 0.324 e. The summed E-state index contributed by atoms with van der Waals surface area (Å²) < 4.78 is 10.3. The number of esters is 2. The first-order valence-electron chi connectivity index (χ1n) is 7.08. The molecule has 20 heavy (non-hydrogen) atoms. The Balaban J connectivity index is 3.31. The smallest absolute Gasteiger partial charge is 0.324 e. The quantitative estimate of drug-likeness (QED) is 0.441. The highest BCUT2D eigenvalue weighted by atomic mass is 16.6. The molecule has 1 rings (SSSR count). The predicted octanol–water partition coefficient (Wildman–Crippen LogP) is 3.03. The molecule has 0 unspecified atom stereocenters. The van der Waals surface area contributed by atoms with Gasteiger partial charge in [0.25, 0.3) is 0 Å². The van der Waals surface area contributed by atoms with Crippen molar-refractivity contribution in [2.75, 3.05) is 13.2 Å². The number of hydrogen-bond donors (Lipinski definition) is 0. The number of rotatable bonds is 5. The highest BCUT2D eigenvalue weighted by Crippen LogP contribution is 2.50. The minimum absolute atomic E-state index is 0.244. The molecule has 0 aromatic heterocycles. The maximum absolute atomic E-state index is 12.4. The first kappa shape index (κ1) is 16.5. The van der Waals surface area contributed by atoms with Gasteiger partial charge in [0.1, 0.15) is 0 Å². The van der Waals surface area contributed by atoms with Crippen molar-refractivity contribution in [3.63, 3.8) is 0 Å². The third kappa shape index (κ3) is 2.65. The molecule has 0 aliphatic heterocycles. The average Bonchev–Trinajstić information content (AvgIpc) is 2.79. The summed E-state index contributed by atoms with van der Waals surface area (Å²) in [5.41, 5.74) is 0.937. The Morgan fingerprint density at radius 1 is 1.25 bits per heavy atom. The minimum Gasteiger partial charge on any atom is -0.465 e. The molecule has 1 atom stereocenters. The Hall–Kier alpha value is -1.58. The molecule has 4 nitrogen and oxygen atoms in total. The van der Waals surface area contributed by atoms with Gasteiger partial charge in [0.15, 0.2) is 5.41 Å². The summed E-state index contributed by atoms with van der Waals surface area (Å²) in [6.45, 7) is 11.7. The summed E-state index contributed by atoms with van der Waals surface area (Å²) in [5, 5.41) is 0. The van der Waals surface area contributed by atoms with Crippen LogP contribution in [-0.4, -0.2) is 25.2 Å². The minimum atomic E-state index is -1.26. The van der Waals surface area contributed by atoms with Crippen molar-refractivity contribution >= 4 is 11.9 Å². The number of ether oxygens (including phenoxy) is 2. The summed E-state index contributed by atoms with van der Waals surface area (Å²) in [6, 6.07) is 0. The molecule has 0 aromatic carbocycles. The average molecular weight is 280 g/mol. The van der Waals surface area contributed by atoms with Crippen molar-refractivity contribution in [2.24, 2.45) is 11.3 Å². The van der Waals surface area contributed by atoms with Crippen molar-refractivity contribution < 1.29 is 19.1 Å². The van der Waals surface area contributed by atoms with Crippen molar-refractivity contribution in [1.82, 2.24) is 0 Å². The fourth-order valence-corrected chi connectivity index (χ4v) is 2.91. The highest BCUT2D eigenvalue weighted by molar-refractivity contribution is 6.02. The lowest BCUT2D eigenvalue weighted by Crippen LogP contribution is -2.44. The monoisotopic (exact) mass is 280 g/mol. The van der Waals surface area contributed by atoms with Gasteiger partial charge in [-0.15, -0.1) is 6.58 Å². The lowest BCUT2D eigenvalue weighted by Gasteiger charge is -2.29. The van der Waals surface area contributed by atoms with E-state index in [1.807, 2.05) is 13.8 Å². The van der Waals surface area contributed by atoms with Gasteiger partial charge >= 0.3 is 11.9 Å². The number of carbonyl (C=O) groups is 2. The zero-order valence-corrected chi connectivity index (χ0v) is 12.8. The van der Waals surface area contributed by atoms with E-state index in [-0.39, 0.29) is 19.1 Å².